The van der Waals surface area contributed by atoms with Crippen LogP contribution in [0.1, 0.15) is 29.9 Å². The lowest BCUT2D eigenvalue weighted by molar-refractivity contribution is -0.131. The second-order valence-corrected chi connectivity index (χ2v) is 4.73. The van der Waals surface area contributed by atoms with E-state index >= 15 is 0 Å². The van der Waals surface area contributed by atoms with Crippen molar-refractivity contribution in [3.8, 4) is 0 Å². The summed E-state index contributed by atoms with van der Waals surface area (Å²) in [6, 6.07) is 3.29. The Bertz CT molecular complexity index is 509. The van der Waals surface area contributed by atoms with Crippen molar-refractivity contribution in [1.29, 1.82) is 0 Å². The van der Waals surface area contributed by atoms with Crippen molar-refractivity contribution in [1.82, 2.24) is 9.88 Å². The smallest absolute Gasteiger partial charge is 0.328 e. The number of amides is 1. The summed E-state index contributed by atoms with van der Waals surface area (Å²) >= 11 is 0. The zero-order chi connectivity index (χ0) is 15.8. The maximum absolute atomic E-state index is 12.4. The highest BCUT2D eigenvalue weighted by atomic mass is 16.5. The quantitative estimate of drug-likeness (QED) is 0.773. The van der Waals surface area contributed by atoms with Crippen LogP contribution in [0.4, 0.5) is 0 Å². The lowest BCUT2D eigenvalue weighted by Crippen LogP contribution is -2.39. The fraction of sp³-hybridized carbons (Fsp3) is 0.400. The van der Waals surface area contributed by atoms with Gasteiger partial charge in [-0.3, -0.25) is 9.78 Å². The molecule has 0 atom stereocenters. The molecule has 0 aliphatic heterocycles. The zero-order valence-corrected chi connectivity index (χ0v) is 12.4. The summed E-state index contributed by atoms with van der Waals surface area (Å²) in [6.45, 7) is 4.81. The number of carboxylic acid groups (broad SMARTS) is 1. The normalized spacial score (nSPS) is 11.0. The minimum absolute atomic E-state index is 0.0426. The highest BCUT2D eigenvalue weighted by Gasteiger charge is 2.19. The van der Waals surface area contributed by atoms with E-state index in [0.717, 1.165) is 6.08 Å². The molecular weight excluding hydrogens is 272 g/mol. The van der Waals surface area contributed by atoms with Crippen molar-refractivity contribution in [3.05, 3.63) is 35.7 Å². The number of carboxylic acids is 1. The Kier molecular flexibility index (Phi) is 6.55. The van der Waals surface area contributed by atoms with E-state index in [1.807, 2.05) is 13.8 Å². The number of carbonyl (C=O) groups is 2. The molecule has 1 aromatic rings. The number of methoxy groups -OCH3 is 1. The number of ether oxygens (including phenoxy) is 1. The largest absolute Gasteiger partial charge is 0.478 e. The fourth-order valence-corrected chi connectivity index (χ4v) is 1.73. The van der Waals surface area contributed by atoms with Gasteiger partial charge in [0.15, 0.2) is 0 Å². The predicted octanol–water partition coefficient (Wildman–Crippen LogP) is 1.68. The average molecular weight is 292 g/mol. The SMILES string of the molecule is COCCN(C(=O)c1ccc(/C=C/C(=O)O)cn1)C(C)C. The Labute approximate surface area is 124 Å². The molecule has 0 aromatic carbocycles. The third-order valence-corrected chi connectivity index (χ3v) is 2.84. The Morgan fingerprint density at radius 3 is 2.62 bits per heavy atom. The maximum Gasteiger partial charge on any atom is 0.328 e. The van der Waals surface area contributed by atoms with Crippen LogP contribution < -0.4 is 0 Å². The highest BCUT2D eigenvalue weighted by molar-refractivity contribution is 5.92. The third-order valence-electron chi connectivity index (χ3n) is 2.84. The number of aliphatic carboxylic acids is 1. The fourth-order valence-electron chi connectivity index (χ4n) is 1.73. The lowest BCUT2D eigenvalue weighted by Gasteiger charge is -2.26. The number of hydrogen-bond acceptors (Lipinski definition) is 4. The Morgan fingerprint density at radius 2 is 2.14 bits per heavy atom. The standard InChI is InChI=1S/C15H20N2O4/c1-11(2)17(8-9-21-3)15(20)13-6-4-12(10-16-13)5-7-14(18)19/h4-7,10-11H,8-9H2,1-3H3,(H,18,19)/b7-5+. The number of nitrogens with zero attached hydrogens (tertiary/aromatic N) is 2. The summed E-state index contributed by atoms with van der Waals surface area (Å²) in [5, 5.41) is 8.55. The van der Waals surface area contributed by atoms with E-state index < -0.39 is 5.97 Å². The molecule has 0 bridgehead atoms. The van der Waals surface area contributed by atoms with Crippen LogP contribution in [0, 0.1) is 0 Å². The third kappa shape index (κ3) is 5.35. The van der Waals surface area contributed by atoms with Gasteiger partial charge in [0.1, 0.15) is 5.69 Å². The van der Waals surface area contributed by atoms with Gasteiger partial charge in [-0.05, 0) is 31.6 Å². The van der Waals surface area contributed by atoms with Gasteiger partial charge in [-0.2, -0.15) is 0 Å². The molecule has 21 heavy (non-hydrogen) atoms. The van der Waals surface area contributed by atoms with Gasteiger partial charge in [-0.15, -0.1) is 0 Å². The molecule has 0 radical (unpaired) electrons. The molecule has 1 heterocycles. The van der Waals surface area contributed by atoms with Crippen LogP contribution in [0.15, 0.2) is 24.4 Å². The number of carbonyl (C=O) groups excluding carboxylic acids is 1. The first-order valence-electron chi connectivity index (χ1n) is 6.62. The first-order chi connectivity index (χ1) is 9.95. The molecule has 6 heteroatoms. The van der Waals surface area contributed by atoms with Gasteiger partial charge in [-0.1, -0.05) is 6.07 Å². The lowest BCUT2D eigenvalue weighted by atomic mass is 10.2. The van der Waals surface area contributed by atoms with Crippen molar-refractivity contribution in [2.24, 2.45) is 0 Å². The number of hydrogen-bond donors (Lipinski definition) is 1. The molecule has 0 saturated carbocycles. The molecule has 114 valence electrons. The van der Waals surface area contributed by atoms with E-state index in [9.17, 15) is 9.59 Å². The van der Waals surface area contributed by atoms with Crippen LogP contribution in [0.3, 0.4) is 0 Å². The van der Waals surface area contributed by atoms with Gasteiger partial charge in [-0.25, -0.2) is 4.79 Å². The van der Waals surface area contributed by atoms with Gasteiger partial charge in [0.05, 0.1) is 6.61 Å². The zero-order valence-electron chi connectivity index (χ0n) is 12.4. The molecule has 0 fully saturated rings. The van der Waals surface area contributed by atoms with E-state index in [1.54, 1.807) is 24.1 Å². The minimum Gasteiger partial charge on any atom is -0.478 e. The summed E-state index contributed by atoms with van der Waals surface area (Å²) in [6.07, 6.45) is 3.92. The Morgan fingerprint density at radius 1 is 1.43 bits per heavy atom. The minimum atomic E-state index is -1.03. The second-order valence-electron chi connectivity index (χ2n) is 4.73. The molecule has 0 aliphatic rings. The van der Waals surface area contributed by atoms with Crippen LogP contribution in [0.2, 0.25) is 0 Å². The molecular formula is C15H20N2O4. The topological polar surface area (TPSA) is 79.7 Å². The second kappa shape index (κ2) is 8.16. The van der Waals surface area contributed by atoms with Crippen molar-refractivity contribution in [2.75, 3.05) is 20.3 Å². The van der Waals surface area contributed by atoms with Crippen molar-refractivity contribution in [2.45, 2.75) is 19.9 Å². The summed E-state index contributed by atoms with van der Waals surface area (Å²) in [7, 11) is 1.59. The number of rotatable bonds is 7. The van der Waals surface area contributed by atoms with Crippen LogP contribution in [-0.2, 0) is 9.53 Å². The Hall–Kier alpha value is -2.21. The van der Waals surface area contributed by atoms with Crippen LogP contribution >= 0.6 is 0 Å². The Balaban J connectivity index is 2.83. The number of pyridine rings is 1. The van der Waals surface area contributed by atoms with Crippen LogP contribution in [0.25, 0.3) is 6.08 Å². The van der Waals surface area contributed by atoms with Crippen molar-refractivity contribution < 1.29 is 19.4 Å². The van der Waals surface area contributed by atoms with E-state index in [1.165, 1.54) is 12.3 Å². The van der Waals surface area contributed by atoms with Crippen molar-refractivity contribution >= 4 is 18.0 Å². The first-order valence-corrected chi connectivity index (χ1v) is 6.62. The molecule has 1 rings (SSSR count). The summed E-state index contributed by atoms with van der Waals surface area (Å²) in [5.74, 6) is -1.20. The molecule has 0 unspecified atom stereocenters. The summed E-state index contributed by atoms with van der Waals surface area (Å²) in [5.41, 5.74) is 0.953. The molecule has 0 spiro atoms. The van der Waals surface area contributed by atoms with Crippen molar-refractivity contribution in [3.63, 3.8) is 0 Å². The van der Waals surface area contributed by atoms with Gasteiger partial charge in [0, 0.05) is 32.0 Å². The average Bonchev–Trinajstić information content (AvgIpc) is 2.45. The van der Waals surface area contributed by atoms with E-state index in [0.29, 0.717) is 24.4 Å². The predicted molar refractivity (Wildman–Crippen MR) is 79.0 cm³/mol. The van der Waals surface area contributed by atoms with Crippen LogP contribution in [-0.4, -0.2) is 53.2 Å². The summed E-state index contributed by atoms with van der Waals surface area (Å²) in [4.78, 5) is 28.6. The summed E-state index contributed by atoms with van der Waals surface area (Å²) < 4.78 is 5.00. The van der Waals surface area contributed by atoms with Crippen LogP contribution in [0.5, 0.6) is 0 Å². The van der Waals surface area contributed by atoms with Gasteiger partial charge in [0.25, 0.3) is 5.91 Å². The molecule has 1 N–H and O–H groups in total. The molecule has 0 saturated heterocycles. The van der Waals surface area contributed by atoms with Gasteiger partial charge in [0.2, 0.25) is 0 Å². The van der Waals surface area contributed by atoms with E-state index in [-0.39, 0.29) is 11.9 Å². The maximum atomic E-state index is 12.4. The first kappa shape index (κ1) is 16.8. The van der Waals surface area contributed by atoms with Gasteiger partial charge >= 0.3 is 5.97 Å². The van der Waals surface area contributed by atoms with E-state index in [4.69, 9.17) is 9.84 Å². The van der Waals surface area contributed by atoms with Gasteiger partial charge < -0.3 is 14.7 Å². The molecule has 6 nitrogen and oxygen atoms in total. The molecule has 0 aliphatic carbocycles. The highest BCUT2D eigenvalue weighted by Crippen LogP contribution is 2.08. The number of aromatic nitrogens is 1. The van der Waals surface area contributed by atoms with E-state index in [2.05, 4.69) is 4.98 Å². The monoisotopic (exact) mass is 292 g/mol. The molecule has 1 amide bonds. The molecule has 1 aromatic heterocycles.